The Morgan fingerprint density at radius 2 is 1.35 bits per heavy atom. The Morgan fingerprint density at radius 3 is 1.71 bits per heavy atom. The van der Waals surface area contributed by atoms with Crippen LogP contribution < -0.4 is 0 Å². The molecule has 0 saturated carbocycles. The van der Waals surface area contributed by atoms with E-state index in [-0.39, 0.29) is 0 Å². The van der Waals surface area contributed by atoms with Gasteiger partial charge >= 0.3 is 8.80 Å². The van der Waals surface area contributed by atoms with Crippen molar-refractivity contribution in [3.63, 3.8) is 0 Å². The molecule has 0 aliphatic heterocycles. The quantitative estimate of drug-likeness (QED) is 0.237. The van der Waals surface area contributed by atoms with Gasteiger partial charge in [-0.15, -0.1) is 0 Å². The number of hydrogen-bond donors (Lipinski definition) is 0. The van der Waals surface area contributed by atoms with Gasteiger partial charge in [0.05, 0.1) is 3.55 Å². The van der Waals surface area contributed by atoms with Crippen molar-refractivity contribution in [1.29, 1.82) is 0 Å². The minimum atomic E-state index is -2.46. The highest BCUT2D eigenvalue weighted by molar-refractivity contribution is 14.1. The number of alkyl halides is 1. The third-order valence-electron chi connectivity index (χ3n) is 2.48. The predicted molar refractivity (Wildman–Crippen MR) is 82.6 cm³/mol. The molecule has 0 bridgehead atoms. The van der Waals surface area contributed by atoms with Crippen LogP contribution in [0.4, 0.5) is 0 Å². The molecule has 0 aliphatic rings. The first-order valence-corrected chi connectivity index (χ1v) is 9.77. The minimum absolute atomic E-state index is 0.367. The lowest BCUT2D eigenvalue weighted by molar-refractivity contribution is 0.0700. The van der Waals surface area contributed by atoms with E-state index in [2.05, 4.69) is 29.5 Å². The molecule has 0 radical (unpaired) electrons. The molecule has 0 rings (SSSR count). The summed E-state index contributed by atoms with van der Waals surface area (Å²) in [5.74, 6) is 0. The second-order valence-corrected chi connectivity index (χ2v) is 9.31. The molecule has 5 heteroatoms. The second-order valence-electron chi connectivity index (χ2n) is 3.87. The van der Waals surface area contributed by atoms with Gasteiger partial charge in [-0.05, 0) is 27.2 Å². The van der Waals surface area contributed by atoms with Crippen molar-refractivity contribution in [3.05, 3.63) is 0 Å². The summed E-state index contributed by atoms with van der Waals surface area (Å²) in [6, 6.07) is 0. The van der Waals surface area contributed by atoms with Crippen LogP contribution in [0.1, 0.15) is 53.4 Å². The van der Waals surface area contributed by atoms with Crippen LogP contribution in [0, 0.1) is 0 Å². The van der Waals surface area contributed by atoms with E-state index in [1.54, 1.807) is 0 Å². The zero-order valence-corrected chi connectivity index (χ0v) is 14.8. The molecule has 0 heterocycles. The van der Waals surface area contributed by atoms with Gasteiger partial charge in [-0.25, -0.2) is 0 Å². The number of rotatable bonds is 11. The summed E-state index contributed by atoms with van der Waals surface area (Å²) in [5.41, 5.74) is 0. The molecule has 3 nitrogen and oxygen atoms in total. The smallest absolute Gasteiger partial charge is 0.373 e. The van der Waals surface area contributed by atoms with Crippen molar-refractivity contribution >= 4 is 31.4 Å². The van der Waals surface area contributed by atoms with Crippen molar-refractivity contribution in [2.75, 3.05) is 19.8 Å². The second kappa shape index (κ2) is 10.7. The monoisotopic (exact) mass is 374 g/mol. The zero-order chi connectivity index (χ0) is 13.1. The topological polar surface area (TPSA) is 27.7 Å². The first kappa shape index (κ1) is 17.8. The Hall–Kier alpha value is 0.827. The van der Waals surface area contributed by atoms with Crippen molar-refractivity contribution in [2.45, 2.75) is 56.9 Å². The highest BCUT2D eigenvalue weighted by atomic mass is 127. The number of unbranched alkanes of at least 4 members (excludes halogenated alkanes) is 2. The van der Waals surface area contributed by atoms with Gasteiger partial charge in [0, 0.05) is 19.8 Å². The Bertz CT molecular complexity index is 164. The molecule has 0 fully saturated rings. The molecule has 0 aromatic heterocycles. The standard InChI is InChI=1S/C12H27IO3Si/c1-5-9-10-11-12(13)17(14-6-2,15-7-3)16-8-4/h12H,5-11H2,1-4H3. The Kier molecular flexibility index (Phi) is 11.2. The van der Waals surface area contributed by atoms with Gasteiger partial charge in [0.15, 0.2) is 0 Å². The molecule has 1 atom stereocenters. The normalized spacial score (nSPS) is 13.9. The highest BCUT2D eigenvalue weighted by Gasteiger charge is 2.47. The lowest BCUT2D eigenvalue weighted by atomic mass is 10.2. The van der Waals surface area contributed by atoms with E-state index in [1.165, 1.54) is 19.3 Å². The maximum atomic E-state index is 5.89. The van der Waals surface area contributed by atoms with Crippen LogP contribution in [0.5, 0.6) is 0 Å². The van der Waals surface area contributed by atoms with Crippen molar-refractivity contribution in [2.24, 2.45) is 0 Å². The van der Waals surface area contributed by atoms with Gasteiger partial charge in [-0.3, -0.25) is 0 Å². The first-order valence-electron chi connectivity index (χ1n) is 6.72. The van der Waals surface area contributed by atoms with E-state index in [0.717, 1.165) is 6.42 Å². The molecule has 0 aromatic rings. The van der Waals surface area contributed by atoms with E-state index < -0.39 is 8.80 Å². The van der Waals surface area contributed by atoms with Crippen LogP contribution in [-0.4, -0.2) is 32.2 Å². The van der Waals surface area contributed by atoms with Crippen LogP contribution in [0.3, 0.4) is 0 Å². The summed E-state index contributed by atoms with van der Waals surface area (Å²) in [6.45, 7) is 10.2. The zero-order valence-electron chi connectivity index (χ0n) is 11.6. The summed E-state index contributed by atoms with van der Waals surface area (Å²) in [7, 11) is -2.46. The van der Waals surface area contributed by atoms with Gasteiger partial charge in [0.1, 0.15) is 0 Å². The van der Waals surface area contributed by atoms with Crippen LogP contribution in [0.15, 0.2) is 0 Å². The molecular weight excluding hydrogens is 347 g/mol. The molecule has 1 unspecified atom stereocenters. The van der Waals surface area contributed by atoms with Gasteiger partial charge in [-0.1, -0.05) is 48.8 Å². The Labute approximate surface area is 121 Å². The van der Waals surface area contributed by atoms with Crippen molar-refractivity contribution in [1.82, 2.24) is 0 Å². The number of hydrogen-bond acceptors (Lipinski definition) is 3. The van der Waals surface area contributed by atoms with E-state index in [4.69, 9.17) is 13.3 Å². The van der Waals surface area contributed by atoms with E-state index in [1.807, 2.05) is 20.8 Å². The lowest BCUT2D eigenvalue weighted by Gasteiger charge is -2.32. The summed E-state index contributed by atoms with van der Waals surface area (Å²) in [4.78, 5) is 0. The molecule has 0 aromatic carbocycles. The lowest BCUT2D eigenvalue weighted by Crippen LogP contribution is -2.54. The molecule has 0 saturated heterocycles. The number of halogens is 1. The fourth-order valence-corrected chi connectivity index (χ4v) is 6.37. The van der Waals surface area contributed by atoms with E-state index in [0.29, 0.717) is 23.4 Å². The SMILES string of the molecule is CCCCCC(I)[Si](OCC)(OCC)OCC. The molecular formula is C12H27IO3Si. The average Bonchev–Trinajstić information content (AvgIpc) is 2.30. The van der Waals surface area contributed by atoms with Crippen LogP contribution in [0.25, 0.3) is 0 Å². The first-order chi connectivity index (χ1) is 8.16. The van der Waals surface area contributed by atoms with Crippen molar-refractivity contribution in [3.8, 4) is 0 Å². The van der Waals surface area contributed by atoms with Gasteiger partial charge < -0.3 is 13.3 Å². The molecule has 104 valence electrons. The van der Waals surface area contributed by atoms with Crippen LogP contribution >= 0.6 is 22.6 Å². The van der Waals surface area contributed by atoms with Crippen molar-refractivity contribution < 1.29 is 13.3 Å². The summed E-state index contributed by atoms with van der Waals surface area (Å²) in [6.07, 6.45) is 4.87. The van der Waals surface area contributed by atoms with Gasteiger partial charge in [0.25, 0.3) is 0 Å². The largest absolute Gasteiger partial charge is 0.514 e. The maximum absolute atomic E-state index is 5.89. The fraction of sp³-hybridized carbons (Fsp3) is 1.00. The molecule has 0 amide bonds. The van der Waals surface area contributed by atoms with E-state index >= 15 is 0 Å². The summed E-state index contributed by atoms with van der Waals surface area (Å²) >= 11 is 2.45. The predicted octanol–water partition coefficient (Wildman–Crippen LogP) is 3.96. The highest BCUT2D eigenvalue weighted by Crippen LogP contribution is 2.26. The molecule has 0 spiro atoms. The minimum Gasteiger partial charge on any atom is -0.373 e. The molecule has 17 heavy (non-hydrogen) atoms. The Balaban J connectivity index is 4.48. The third-order valence-corrected chi connectivity index (χ3v) is 8.52. The summed E-state index contributed by atoms with van der Waals surface area (Å²) in [5, 5.41) is 0. The Morgan fingerprint density at radius 1 is 0.882 bits per heavy atom. The van der Waals surface area contributed by atoms with Gasteiger partial charge in [0.2, 0.25) is 0 Å². The van der Waals surface area contributed by atoms with E-state index in [9.17, 15) is 0 Å². The molecule has 0 aliphatic carbocycles. The van der Waals surface area contributed by atoms with Gasteiger partial charge in [-0.2, -0.15) is 0 Å². The summed E-state index contributed by atoms with van der Waals surface area (Å²) < 4.78 is 18.0. The fourth-order valence-electron chi connectivity index (χ4n) is 1.75. The third kappa shape index (κ3) is 6.52. The average molecular weight is 374 g/mol. The van der Waals surface area contributed by atoms with Crippen LogP contribution in [-0.2, 0) is 13.3 Å². The molecule has 0 N–H and O–H groups in total. The van der Waals surface area contributed by atoms with Crippen LogP contribution in [0.2, 0.25) is 0 Å². The maximum Gasteiger partial charge on any atom is 0.514 e.